The number of benzene rings is 13. The van der Waals surface area contributed by atoms with Crippen LogP contribution in [-0.2, 0) is 0 Å². The molecule has 13 aromatic carbocycles. The van der Waals surface area contributed by atoms with Gasteiger partial charge < -0.3 is 34.0 Å². The predicted octanol–water partition coefficient (Wildman–Crippen LogP) is 22.6. The van der Waals surface area contributed by atoms with Crippen LogP contribution in [0.5, 0.6) is 23.0 Å². The Bertz CT molecular complexity index is 3980. The van der Waals surface area contributed by atoms with Gasteiger partial charge in [-0.25, -0.2) is 0 Å². The number of hydrogen-bond donors (Lipinski definition) is 0. The van der Waals surface area contributed by atoms with E-state index in [1.165, 1.54) is 0 Å². The predicted molar refractivity (Wildman–Crippen MR) is 353 cm³/mol. The summed E-state index contributed by atoms with van der Waals surface area (Å²) in [7, 11) is 0. The smallest absolute Gasteiger partial charge is 0.129 e. The molecule has 0 N–H and O–H groups in total. The van der Waals surface area contributed by atoms with Crippen LogP contribution in [0, 0.1) is 0 Å². The largest absolute Gasteiger partial charge is 0.457 e. The van der Waals surface area contributed by atoms with Crippen molar-refractivity contribution < 1.29 is 9.47 Å². The second kappa shape index (κ2) is 25.1. The zero-order valence-electron chi connectivity index (χ0n) is 46.6. The lowest BCUT2D eigenvalue weighted by Crippen LogP contribution is -2.17. The van der Waals surface area contributed by atoms with Crippen LogP contribution in [-0.4, -0.2) is 0 Å². The molecule has 0 aliphatic heterocycles. The van der Waals surface area contributed by atoms with E-state index in [2.05, 4.69) is 310 Å². The maximum atomic E-state index is 6.44. The first-order valence-corrected chi connectivity index (χ1v) is 28.5. The van der Waals surface area contributed by atoms with Crippen molar-refractivity contribution in [2.24, 2.45) is 0 Å². The van der Waals surface area contributed by atoms with Gasteiger partial charge in [0.2, 0.25) is 0 Å². The van der Waals surface area contributed by atoms with Crippen molar-refractivity contribution >= 4 is 85.3 Å². The summed E-state index contributed by atoms with van der Waals surface area (Å²) < 4.78 is 12.9. The Morgan fingerprint density at radius 1 is 0.129 bits per heavy atom. The van der Waals surface area contributed by atoms with Crippen LogP contribution < -0.4 is 34.0 Å². The van der Waals surface area contributed by atoms with Crippen LogP contribution in [0.25, 0.3) is 0 Å². The molecule has 0 aliphatic rings. The fourth-order valence-electron chi connectivity index (χ4n) is 10.8. The first kappa shape index (κ1) is 52.8. The fraction of sp³-hybridized carbons (Fsp3) is 0. The van der Waals surface area contributed by atoms with Gasteiger partial charge in [-0.3, -0.25) is 0 Å². The van der Waals surface area contributed by atoms with Crippen LogP contribution in [0.3, 0.4) is 0 Å². The van der Waals surface area contributed by atoms with Crippen LogP contribution in [0.1, 0.15) is 0 Å². The molecule has 0 radical (unpaired) electrons. The zero-order valence-corrected chi connectivity index (χ0v) is 46.6. The van der Waals surface area contributed by atoms with Gasteiger partial charge in [-0.1, -0.05) is 170 Å². The van der Waals surface area contributed by atoms with Crippen molar-refractivity contribution in [3.8, 4) is 23.0 Å². The maximum Gasteiger partial charge on any atom is 0.129 e. The van der Waals surface area contributed by atoms with Crippen molar-refractivity contribution in [2.45, 2.75) is 0 Å². The third kappa shape index (κ3) is 12.1. The second-order valence-corrected chi connectivity index (χ2v) is 20.3. The third-order valence-electron chi connectivity index (χ3n) is 14.5. The monoisotopic (exact) mass is 1100 g/mol. The van der Waals surface area contributed by atoms with E-state index in [9.17, 15) is 0 Å². The topological polar surface area (TPSA) is 34.7 Å². The number of para-hydroxylation sites is 8. The van der Waals surface area contributed by atoms with Gasteiger partial charge in [0.05, 0.1) is 17.1 Å². The molecule has 13 aromatic rings. The Morgan fingerprint density at radius 2 is 0.294 bits per heavy atom. The van der Waals surface area contributed by atoms with Gasteiger partial charge in [-0.15, -0.1) is 0 Å². The van der Waals surface area contributed by atoms with Crippen LogP contribution in [0.4, 0.5) is 85.3 Å². The Hall–Kier alpha value is -11.5. The summed E-state index contributed by atoms with van der Waals surface area (Å²) >= 11 is 0. The molecule has 408 valence electrons. The highest BCUT2D eigenvalue weighted by Gasteiger charge is 2.25. The maximum absolute atomic E-state index is 6.44. The van der Waals surface area contributed by atoms with E-state index in [4.69, 9.17) is 9.47 Å². The molecule has 0 aromatic heterocycles. The molecule has 0 spiro atoms. The highest BCUT2D eigenvalue weighted by molar-refractivity contribution is 5.91. The lowest BCUT2D eigenvalue weighted by molar-refractivity contribution is 0.482. The molecule has 0 bridgehead atoms. The molecule has 0 saturated carbocycles. The van der Waals surface area contributed by atoms with E-state index < -0.39 is 0 Å². The number of anilines is 15. The molecule has 0 atom stereocenters. The van der Waals surface area contributed by atoms with E-state index in [1.54, 1.807) is 0 Å². The van der Waals surface area contributed by atoms with E-state index >= 15 is 0 Å². The van der Waals surface area contributed by atoms with E-state index in [0.29, 0.717) is 0 Å². The summed E-state index contributed by atoms with van der Waals surface area (Å²) in [5, 5.41) is 0. The lowest BCUT2D eigenvalue weighted by atomic mass is 10.1. The van der Waals surface area contributed by atoms with Crippen molar-refractivity contribution in [1.82, 2.24) is 0 Å². The quantitative estimate of drug-likeness (QED) is 0.0798. The van der Waals surface area contributed by atoms with Gasteiger partial charge in [0.1, 0.15) is 23.0 Å². The Balaban J connectivity index is 1.00. The highest BCUT2D eigenvalue weighted by Crippen LogP contribution is 2.48. The molecule has 0 fully saturated rings. The van der Waals surface area contributed by atoms with E-state index in [-0.39, 0.29) is 0 Å². The summed E-state index contributed by atoms with van der Waals surface area (Å²) in [6.07, 6.45) is 0. The molecule has 13 rings (SSSR count). The minimum absolute atomic E-state index is 0.737. The summed E-state index contributed by atoms with van der Waals surface area (Å²) in [4.78, 5) is 11.6. The van der Waals surface area contributed by atoms with Crippen LogP contribution in [0.15, 0.2) is 358 Å². The number of rotatable bonds is 19. The minimum Gasteiger partial charge on any atom is -0.457 e. The van der Waals surface area contributed by atoms with Crippen molar-refractivity contribution in [2.75, 3.05) is 24.5 Å². The number of hydrogen-bond acceptors (Lipinski definition) is 7. The molecule has 0 heterocycles. The van der Waals surface area contributed by atoms with Gasteiger partial charge in [0.15, 0.2) is 0 Å². The summed E-state index contributed by atoms with van der Waals surface area (Å²) in [6, 6.07) is 124. The molecular weight excluding hydrogens is 1040 g/mol. The van der Waals surface area contributed by atoms with Crippen molar-refractivity contribution in [3.63, 3.8) is 0 Å². The SMILES string of the molecule is c1ccc(Oc2cccc(N(c3ccccc3)c3cccc(N(c4ccccc4)c4cc(N(c5ccccc5)c5ccccc5)cc(N(c5ccccc5)c5cccc(N(c6ccccc6)c6cccc(Oc7ccccc7)c6)c5)c4)c3)c2)cc1. The Labute approximate surface area is 497 Å². The molecule has 7 nitrogen and oxygen atoms in total. The number of nitrogens with zero attached hydrogens (tertiary/aromatic N) is 5. The average molecular weight is 1100 g/mol. The van der Waals surface area contributed by atoms with E-state index in [0.717, 1.165) is 108 Å². The zero-order chi connectivity index (χ0) is 57.0. The van der Waals surface area contributed by atoms with Crippen molar-refractivity contribution in [3.05, 3.63) is 358 Å². The Morgan fingerprint density at radius 3 is 0.553 bits per heavy atom. The van der Waals surface area contributed by atoms with Gasteiger partial charge in [0.25, 0.3) is 0 Å². The standard InChI is InChI=1S/C78H59N5O2/c1-9-29-60(30-10-1)79(61-31-11-2-12-32-61)72-55-73(82(64-37-17-5-18-38-64)68-43-25-41-66(53-68)80(62-33-13-3-14-34-62)70-45-27-51-77(58-70)84-75-47-21-7-22-48-75)57-74(56-72)83(65-39-19-6-20-40-65)69-44-26-42-67(54-69)81(63-35-15-4-16-36-63)71-46-28-52-78(59-71)85-76-49-23-8-24-50-76/h1-59H. The fourth-order valence-corrected chi connectivity index (χ4v) is 10.8. The molecule has 7 heteroatoms. The van der Waals surface area contributed by atoms with Crippen LogP contribution >= 0.6 is 0 Å². The first-order chi connectivity index (χ1) is 42.1. The van der Waals surface area contributed by atoms with Gasteiger partial charge in [0, 0.05) is 80.4 Å². The molecule has 0 aliphatic carbocycles. The lowest BCUT2D eigenvalue weighted by Gasteiger charge is -2.34. The molecule has 0 amide bonds. The van der Waals surface area contributed by atoms with Gasteiger partial charge in [-0.2, -0.15) is 0 Å². The van der Waals surface area contributed by atoms with E-state index in [1.807, 2.05) is 72.8 Å². The summed E-state index contributed by atoms with van der Waals surface area (Å²) in [5.74, 6) is 3.02. The number of ether oxygens (including phenoxy) is 2. The molecule has 0 unspecified atom stereocenters. The third-order valence-corrected chi connectivity index (χ3v) is 14.5. The summed E-state index contributed by atoms with van der Waals surface area (Å²) in [6.45, 7) is 0. The molecular formula is C78H59N5O2. The highest BCUT2D eigenvalue weighted by atomic mass is 16.5. The molecule has 0 saturated heterocycles. The average Bonchev–Trinajstić information content (AvgIpc) is 2.41. The van der Waals surface area contributed by atoms with Crippen molar-refractivity contribution in [1.29, 1.82) is 0 Å². The molecule has 85 heavy (non-hydrogen) atoms. The Kier molecular flexibility index (Phi) is 15.6. The second-order valence-electron chi connectivity index (χ2n) is 20.3. The normalized spacial score (nSPS) is 10.8. The van der Waals surface area contributed by atoms with Gasteiger partial charge in [-0.05, 0) is 176 Å². The minimum atomic E-state index is 0.737. The van der Waals surface area contributed by atoms with Crippen LogP contribution in [0.2, 0.25) is 0 Å². The summed E-state index contributed by atoms with van der Waals surface area (Å²) in [5.41, 5.74) is 14.6. The first-order valence-electron chi connectivity index (χ1n) is 28.5. The van der Waals surface area contributed by atoms with Gasteiger partial charge >= 0.3 is 0 Å².